The average Bonchev–Trinajstić information content (AvgIpc) is 2.84. The molecule has 0 aromatic heterocycles. The second-order valence-corrected chi connectivity index (χ2v) is 7.59. The van der Waals surface area contributed by atoms with Gasteiger partial charge in [-0.1, -0.05) is 62.6 Å². The molecule has 3 rings (SSSR count). The molecule has 0 bridgehead atoms. The second-order valence-electron chi connectivity index (χ2n) is 7.59. The van der Waals surface area contributed by atoms with E-state index < -0.39 is 0 Å². The van der Waals surface area contributed by atoms with E-state index in [1.807, 2.05) is 30.3 Å². The summed E-state index contributed by atoms with van der Waals surface area (Å²) in [5, 5.41) is 5.66. The van der Waals surface area contributed by atoms with Crippen molar-refractivity contribution >= 4 is 23.2 Å². The molecule has 0 heterocycles. The highest BCUT2D eigenvalue weighted by molar-refractivity contribution is 6.06. The Kier molecular flexibility index (Phi) is 9.33. The topological polar surface area (TPSA) is 76.7 Å². The lowest BCUT2D eigenvalue weighted by Crippen LogP contribution is -2.20. The highest BCUT2D eigenvalue weighted by Crippen LogP contribution is 2.22. The number of rotatable bonds is 12. The largest absolute Gasteiger partial charge is 0.493 e. The average molecular weight is 447 g/mol. The van der Waals surface area contributed by atoms with E-state index >= 15 is 0 Å². The molecule has 2 amide bonds. The number of amides is 2. The molecule has 3 aromatic carbocycles. The molecular formula is C27H30N2O4. The zero-order chi connectivity index (χ0) is 23.3. The monoisotopic (exact) mass is 446 g/mol. The van der Waals surface area contributed by atoms with Crippen LogP contribution in [0.25, 0.3) is 0 Å². The Morgan fingerprint density at radius 1 is 0.758 bits per heavy atom. The van der Waals surface area contributed by atoms with Crippen molar-refractivity contribution in [3.63, 3.8) is 0 Å². The Morgan fingerprint density at radius 3 is 2.27 bits per heavy atom. The summed E-state index contributed by atoms with van der Waals surface area (Å²) in [7, 11) is 0. The molecule has 0 saturated heterocycles. The number of hydrogen-bond acceptors (Lipinski definition) is 4. The van der Waals surface area contributed by atoms with Gasteiger partial charge in [-0.15, -0.1) is 0 Å². The smallest absolute Gasteiger partial charge is 0.262 e. The number of carbonyl (C=O) groups excluding carboxylic acids is 2. The van der Waals surface area contributed by atoms with Crippen molar-refractivity contribution in [1.82, 2.24) is 0 Å². The van der Waals surface area contributed by atoms with Crippen LogP contribution in [0.4, 0.5) is 11.4 Å². The van der Waals surface area contributed by atoms with E-state index in [0.717, 1.165) is 12.8 Å². The van der Waals surface area contributed by atoms with Crippen LogP contribution in [0.2, 0.25) is 0 Å². The van der Waals surface area contributed by atoms with Gasteiger partial charge in [-0.2, -0.15) is 0 Å². The van der Waals surface area contributed by atoms with Gasteiger partial charge in [0.05, 0.1) is 12.2 Å². The molecule has 2 N–H and O–H groups in total. The first-order chi connectivity index (χ1) is 16.2. The number of unbranched alkanes of at least 4 members (excludes halogenated alkanes) is 3. The Morgan fingerprint density at radius 2 is 1.48 bits per heavy atom. The van der Waals surface area contributed by atoms with Crippen LogP contribution in [-0.2, 0) is 4.79 Å². The van der Waals surface area contributed by atoms with E-state index in [0.29, 0.717) is 35.0 Å². The van der Waals surface area contributed by atoms with E-state index in [2.05, 4.69) is 17.6 Å². The molecule has 0 aliphatic heterocycles. The van der Waals surface area contributed by atoms with Crippen molar-refractivity contribution in [3.8, 4) is 11.5 Å². The van der Waals surface area contributed by atoms with E-state index in [1.54, 1.807) is 48.5 Å². The van der Waals surface area contributed by atoms with E-state index in [9.17, 15) is 9.59 Å². The SMILES string of the molecule is CCCCCCOc1ccccc1C(=O)Nc1cccc(NC(=O)COc2ccccc2)c1. The minimum Gasteiger partial charge on any atom is -0.493 e. The molecule has 0 radical (unpaired) electrons. The summed E-state index contributed by atoms with van der Waals surface area (Å²) >= 11 is 0. The van der Waals surface area contributed by atoms with Crippen LogP contribution in [0.15, 0.2) is 78.9 Å². The highest BCUT2D eigenvalue weighted by Gasteiger charge is 2.13. The Balaban J connectivity index is 1.55. The maximum atomic E-state index is 12.9. The van der Waals surface area contributed by atoms with Crippen molar-refractivity contribution in [3.05, 3.63) is 84.4 Å². The molecule has 0 saturated carbocycles. The minimum atomic E-state index is -0.288. The van der Waals surface area contributed by atoms with E-state index in [4.69, 9.17) is 9.47 Å². The Bertz CT molecular complexity index is 1040. The van der Waals surface area contributed by atoms with Gasteiger partial charge in [0.15, 0.2) is 6.61 Å². The highest BCUT2D eigenvalue weighted by atomic mass is 16.5. The van der Waals surface area contributed by atoms with Crippen LogP contribution in [0.5, 0.6) is 11.5 Å². The summed E-state index contributed by atoms with van der Waals surface area (Å²) in [6.07, 6.45) is 4.41. The lowest BCUT2D eigenvalue weighted by atomic mass is 10.1. The standard InChI is InChI=1S/C27H30N2O4/c1-2-3-4-10-18-32-25-17-9-8-16-24(25)27(31)29-22-13-11-12-21(19-22)28-26(30)20-33-23-14-6-5-7-15-23/h5-9,11-17,19H,2-4,10,18,20H2,1H3,(H,28,30)(H,29,31). The number of para-hydroxylation sites is 2. The number of anilines is 2. The maximum Gasteiger partial charge on any atom is 0.262 e. The molecule has 6 nitrogen and oxygen atoms in total. The van der Waals surface area contributed by atoms with E-state index in [1.165, 1.54) is 12.8 Å². The van der Waals surface area contributed by atoms with Gasteiger partial charge >= 0.3 is 0 Å². The predicted octanol–water partition coefficient (Wildman–Crippen LogP) is 5.92. The maximum absolute atomic E-state index is 12.9. The molecule has 0 aliphatic carbocycles. The van der Waals surface area contributed by atoms with E-state index in [-0.39, 0.29) is 18.4 Å². The zero-order valence-electron chi connectivity index (χ0n) is 18.9. The first kappa shape index (κ1) is 23.9. The molecule has 172 valence electrons. The lowest BCUT2D eigenvalue weighted by Gasteiger charge is -2.13. The summed E-state index contributed by atoms with van der Waals surface area (Å²) in [6, 6.07) is 23.3. The third-order valence-corrected chi connectivity index (χ3v) is 4.90. The molecule has 0 spiro atoms. The van der Waals surface area contributed by atoms with Crippen molar-refractivity contribution in [2.75, 3.05) is 23.8 Å². The lowest BCUT2D eigenvalue weighted by molar-refractivity contribution is -0.118. The number of carbonyl (C=O) groups is 2. The Hall–Kier alpha value is -3.80. The quantitative estimate of drug-likeness (QED) is 0.339. The van der Waals surface area contributed by atoms with Crippen molar-refractivity contribution in [2.45, 2.75) is 32.6 Å². The van der Waals surface area contributed by atoms with Gasteiger partial charge in [0.25, 0.3) is 11.8 Å². The van der Waals surface area contributed by atoms with Crippen molar-refractivity contribution in [2.24, 2.45) is 0 Å². The number of ether oxygens (including phenoxy) is 2. The third kappa shape index (κ3) is 8.00. The zero-order valence-corrected chi connectivity index (χ0v) is 18.9. The van der Waals surface area contributed by atoms with Crippen LogP contribution in [0.1, 0.15) is 43.0 Å². The van der Waals surface area contributed by atoms with Gasteiger partial charge in [0.2, 0.25) is 0 Å². The summed E-state index contributed by atoms with van der Waals surface area (Å²) in [6.45, 7) is 2.64. The van der Waals surface area contributed by atoms with Gasteiger partial charge < -0.3 is 20.1 Å². The fourth-order valence-electron chi connectivity index (χ4n) is 3.23. The Labute approximate surface area is 194 Å². The summed E-state index contributed by atoms with van der Waals surface area (Å²) in [4.78, 5) is 25.1. The van der Waals surface area contributed by atoms with Gasteiger partial charge in [-0.05, 0) is 48.9 Å². The second kappa shape index (κ2) is 12.9. The van der Waals surface area contributed by atoms with Gasteiger partial charge in [0, 0.05) is 11.4 Å². The van der Waals surface area contributed by atoms with Gasteiger partial charge in [-0.3, -0.25) is 9.59 Å². The first-order valence-electron chi connectivity index (χ1n) is 11.3. The summed E-state index contributed by atoms with van der Waals surface area (Å²) < 4.78 is 11.3. The molecule has 0 unspecified atom stereocenters. The molecule has 0 atom stereocenters. The predicted molar refractivity (Wildman–Crippen MR) is 131 cm³/mol. The van der Waals surface area contributed by atoms with Crippen LogP contribution in [-0.4, -0.2) is 25.0 Å². The fourth-order valence-corrected chi connectivity index (χ4v) is 3.23. The molecule has 0 fully saturated rings. The third-order valence-electron chi connectivity index (χ3n) is 4.90. The molecule has 0 aliphatic rings. The number of benzene rings is 3. The fraction of sp³-hybridized carbons (Fsp3) is 0.259. The summed E-state index contributed by atoms with van der Waals surface area (Å²) in [5.41, 5.74) is 1.60. The molecule has 6 heteroatoms. The van der Waals surface area contributed by atoms with Gasteiger partial charge in [-0.25, -0.2) is 0 Å². The number of nitrogens with one attached hydrogen (secondary N) is 2. The van der Waals surface area contributed by atoms with Crippen LogP contribution in [0, 0.1) is 0 Å². The minimum absolute atomic E-state index is 0.108. The molecule has 33 heavy (non-hydrogen) atoms. The van der Waals surface area contributed by atoms with Crippen LogP contribution in [0.3, 0.4) is 0 Å². The van der Waals surface area contributed by atoms with Crippen LogP contribution >= 0.6 is 0 Å². The molecule has 3 aromatic rings. The molecular weight excluding hydrogens is 416 g/mol. The normalized spacial score (nSPS) is 10.3. The summed E-state index contributed by atoms with van der Waals surface area (Å²) in [5.74, 6) is 0.633. The number of hydrogen-bond donors (Lipinski definition) is 2. The van der Waals surface area contributed by atoms with Crippen molar-refractivity contribution < 1.29 is 19.1 Å². The van der Waals surface area contributed by atoms with Crippen LogP contribution < -0.4 is 20.1 Å². The van der Waals surface area contributed by atoms with Crippen molar-refractivity contribution in [1.29, 1.82) is 0 Å². The van der Waals surface area contributed by atoms with Gasteiger partial charge in [0.1, 0.15) is 11.5 Å². The first-order valence-corrected chi connectivity index (χ1v) is 11.3.